The van der Waals surface area contributed by atoms with Gasteiger partial charge in [-0.3, -0.25) is 0 Å². The van der Waals surface area contributed by atoms with Gasteiger partial charge in [-0.05, 0) is 0 Å². The van der Waals surface area contributed by atoms with Crippen molar-refractivity contribution in [1.29, 1.82) is 21.0 Å². The van der Waals surface area contributed by atoms with Gasteiger partial charge >= 0.3 is 8.68 Å². The van der Waals surface area contributed by atoms with Crippen molar-refractivity contribution in [2.45, 2.75) is 27.7 Å². The van der Waals surface area contributed by atoms with Crippen LogP contribution in [0, 0.1) is 45.3 Å². The normalized spacial score (nSPS) is 5.41. The third-order valence-electron chi connectivity index (χ3n) is 0. The van der Waals surface area contributed by atoms with E-state index in [9.17, 15) is 17.3 Å². The Bertz CT molecular complexity index is 228. The number of halogens is 4. The van der Waals surface area contributed by atoms with E-state index in [0.29, 0.717) is 0 Å². The Labute approximate surface area is 99.9 Å². The maximum absolute atomic E-state index is 9.75. The predicted molar refractivity (Wildman–Crippen MR) is 56.4 cm³/mol. The lowest BCUT2D eigenvalue weighted by Gasteiger charge is -1.94. The van der Waals surface area contributed by atoms with Crippen molar-refractivity contribution in [3.05, 3.63) is 0 Å². The van der Waals surface area contributed by atoms with E-state index in [2.05, 4.69) is 0 Å². The Kier molecular flexibility index (Phi) is 64.2. The lowest BCUT2D eigenvalue weighted by Crippen LogP contribution is -2.02. The fourth-order valence-corrected chi connectivity index (χ4v) is 0. The largest absolute Gasteiger partial charge is 1.00 e. The van der Waals surface area contributed by atoms with E-state index in [1.807, 2.05) is 0 Å². The van der Waals surface area contributed by atoms with Crippen molar-refractivity contribution in [3.8, 4) is 24.3 Å². The summed E-state index contributed by atoms with van der Waals surface area (Å²) in [6, 6.07) is 7.00. The molecule has 0 spiro atoms. The molecular formula is C8H13BF4N4. The van der Waals surface area contributed by atoms with Gasteiger partial charge in [-0.25, -0.2) is 0 Å². The van der Waals surface area contributed by atoms with Crippen LogP contribution in [0.1, 0.15) is 29.1 Å². The second kappa shape index (κ2) is 37.2. The van der Waals surface area contributed by atoms with Crippen LogP contribution in [-0.4, -0.2) is 7.25 Å². The van der Waals surface area contributed by atoms with Gasteiger partial charge < -0.3 is 17.3 Å². The summed E-state index contributed by atoms with van der Waals surface area (Å²) in [6.07, 6.45) is 0. The quantitative estimate of drug-likeness (QED) is 0.486. The third kappa shape index (κ3) is 373. The molecule has 0 aliphatic carbocycles. The van der Waals surface area contributed by atoms with Crippen LogP contribution in [0.3, 0.4) is 0 Å². The monoisotopic (exact) mass is 252 g/mol. The van der Waals surface area contributed by atoms with Crippen molar-refractivity contribution in [2.75, 3.05) is 0 Å². The first-order chi connectivity index (χ1) is 7.66. The topological polar surface area (TPSA) is 95.2 Å². The zero-order valence-electron chi connectivity index (χ0n) is 10.9. The van der Waals surface area contributed by atoms with Crippen molar-refractivity contribution in [1.82, 2.24) is 0 Å². The van der Waals surface area contributed by atoms with E-state index in [4.69, 9.17) is 21.0 Å². The minimum Gasteiger partial charge on any atom is -0.418 e. The molecule has 0 amide bonds. The van der Waals surface area contributed by atoms with Crippen molar-refractivity contribution >= 4 is 7.25 Å². The van der Waals surface area contributed by atoms with Crippen molar-refractivity contribution in [2.24, 2.45) is 0 Å². The number of nitriles is 4. The Hall–Kier alpha value is -2.26. The van der Waals surface area contributed by atoms with Gasteiger partial charge in [-0.2, -0.15) is 21.0 Å². The van der Waals surface area contributed by atoms with Gasteiger partial charge in [-0.1, -0.05) is 0 Å². The molecule has 9 heteroatoms. The highest BCUT2D eigenvalue weighted by molar-refractivity contribution is 6.50. The van der Waals surface area contributed by atoms with Crippen LogP contribution in [0.5, 0.6) is 0 Å². The summed E-state index contributed by atoms with van der Waals surface area (Å²) >= 11 is 0. The first-order valence-electron chi connectivity index (χ1n) is 3.77. The molecule has 17 heavy (non-hydrogen) atoms. The first kappa shape index (κ1) is 29.3. The molecule has 0 unspecified atom stereocenters. The van der Waals surface area contributed by atoms with Gasteiger partial charge in [0.25, 0.3) is 0 Å². The summed E-state index contributed by atoms with van der Waals surface area (Å²) in [5.74, 6) is 0. The van der Waals surface area contributed by atoms with E-state index < -0.39 is 7.25 Å². The van der Waals surface area contributed by atoms with Gasteiger partial charge in [-0.15, -0.1) is 0 Å². The molecule has 0 rings (SSSR count). The van der Waals surface area contributed by atoms with Crippen LogP contribution in [-0.2, 0) is 0 Å². The van der Waals surface area contributed by atoms with Crippen molar-refractivity contribution < 1.29 is 18.7 Å². The second-order valence-corrected chi connectivity index (χ2v) is 1.39. The van der Waals surface area contributed by atoms with Crippen LogP contribution in [0.4, 0.5) is 17.3 Å². The number of nitrogens with zero attached hydrogens (tertiary/aromatic N) is 4. The SMILES string of the molecule is CC#N.CC#N.CC#N.CC#N.F[B-](F)(F)F.[H+]. The summed E-state index contributed by atoms with van der Waals surface area (Å²) in [4.78, 5) is 0. The van der Waals surface area contributed by atoms with E-state index in [0.717, 1.165) is 0 Å². The van der Waals surface area contributed by atoms with E-state index in [-0.39, 0.29) is 1.43 Å². The highest BCUT2D eigenvalue weighted by Gasteiger charge is 2.20. The lowest BCUT2D eigenvalue weighted by molar-refractivity contribution is 0.368. The molecule has 0 saturated carbocycles. The predicted octanol–water partition coefficient (Wildman–Crippen LogP) is 3.53. The smallest absolute Gasteiger partial charge is 0.418 e. The fraction of sp³-hybridized carbons (Fsp3) is 0.500. The second-order valence-electron chi connectivity index (χ2n) is 1.39. The lowest BCUT2D eigenvalue weighted by atomic mass is 10.3. The highest BCUT2D eigenvalue weighted by atomic mass is 19.5. The molecule has 0 aromatic heterocycles. The van der Waals surface area contributed by atoms with E-state index in [1.165, 1.54) is 27.7 Å². The molecule has 0 bridgehead atoms. The molecule has 0 aromatic rings. The van der Waals surface area contributed by atoms with Crippen molar-refractivity contribution in [3.63, 3.8) is 0 Å². The summed E-state index contributed by atoms with van der Waals surface area (Å²) in [5.41, 5.74) is 0. The molecule has 4 nitrogen and oxygen atoms in total. The maximum Gasteiger partial charge on any atom is 1.00 e. The maximum atomic E-state index is 9.75. The Balaban J connectivity index is -0.0000000252. The molecule has 0 heterocycles. The first-order valence-corrected chi connectivity index (χ1v) is 3.77. The standard InChI is InChI=1S/4C2H3N.BF4/c4*1-2-3;2-1(3,4)5/h4*1H3;/q;;;;-1/p+1. The molecule has 0 N–H and O–H groups in total. The Morgan fingerprint density at radius 1 is 0.647 bits per heavy atom. The Morgan fingerprint density at radius 2 is 0.647 bits per heavy atom. The average Bonchev–Trinajstić information content (AvgIpc) is 2.04. The van der Waals surface area contributed by atoms with Crippen LogP contribution >= 0.6 is 0 Å². The Morgan fingerprint density at radius 3 is 0.647 bits per heavy atom. The van der Waals surface area contributed by atoms with Crippen LogP contribution in [0.25, 0.3) is 0 Å². The number of hydrogen-bond acceptors (Lipinski definition) is 4. The van der Waals surface area contributed by atoms with E-state index in [1.54, 1.807) is 24.3 Å². The minimum absolute atomic E-state index is 0. The summed E-state index contributed by atoms with van der Waals surface area (Å²) in [5, 5.41) is 29.3. The van der Waals surface area contributed by atoms with Gasteiger partial charge in [0.1, 0.15) is 0 Å². The summed E-state index contributed by atoms with van der Waals surface area (Å²) < 4.78 is 39.0. The summed E-state index contributed by atoms with van der Waals surface area (Å²) in [7, 11) is -6.00. The molecule has 0 radical (unpaired) electrons. The van der Waals surface area contributed by atoms with E-state index >= 15 is 0 Å². The van der Waals surface area contributed by atoms with Gasteiger partial charge in [0, 0.05) is 27.7 Å². The van der Waals surface area contributed by atoms with Crippen LogP contribution in [0.15, 0.2) is 0 Å². The molecule has 0 saturated heterocycles. The highest BCUT2D eigenvalue weighted by Crippen LogP contribution is 2.06. The molecular weight excluding hydrogens is 239 g/mol. The van der Waals surface area contributed by atoms with Gasteiger partial charge in [0.15, 0.2) is 0 Å². The third-order valence-corrected chi connectivity index (χ3v) is 0. The van der Waals surface area contributed by atoms with Crippen LogP contribution in [0.2, 0.25) is 0 Å². The van der Waals surface area contributed by atoms with Crippen LogP contribution < -0.4 is 0 Å². The molecule has 0 atom stereocenters. The molecule has 0 aromatic carbocycles. The zero-order chi connectivity index (χ0) is 15.3. The van der Waals surface area contributed by atoms with Gasteiger partial charge in [0.05, 0.1) is 24.3 Å². The number of hydrogen-bond donors (Lipinski definition) is 0. The fourth-order valence-electron chi connectivity index (χ4n) is 0. The number of rotatable bonds is 0. The minimum atomic E-state index is -6.00. The molecule has 0 fully saturated rings. The average molecular weight is 252 g/mol. The zero-order valence-corrected chi connectivity index (χ0v) is 9.88. The van der Waals surface area contributed by atoms with Gasteiger partial charge in [0.2, 0.25) is 0 Å². The summed E-state index contributed by atoms with van der Waals surface area (Å²) in [6.45, 7) is 5.72. The molecule has 0 aliphatic heterocycles. The molecule has 96 valence electrons. The molecule has 0 aliphatic rings.